The monoisotopic (exact) mass is 344 g/mol. The quantitative estimate of drug-likeness (QED) is 0.279. The highest BCUT2D eigenvalue weighted by Gasteiger charge is 2.35. The molecule has 0 fully saturated rings. The number of aromatic hydroxyl groups is 2. The van der Waals surface area contributed by atoms with Gasteiger partial charge in [0.15, 0.2) is 11.5 Å². The summed E-state index contributed by atoms with van der Waals surface area (Å²) in [5.41, 5.74) is 4.07. The van der Waals surface area contributed by atoms with Gasteiger partial charge in [-0.2, -0.15) is 0 Å². The fraction of sp³-hybridized carbons (Fsp3) is 0.467. The van der Waals surface area contributed by atoms with E-state index >= 15 is 0 Å². The number of aliphatic carboxylic acids is 2. The van der Waals surface area contributed by atoms with Crippen molar-refractivity contribution < 1.29 is 35.5 Å². The molecule has 8 N–H and O–H groups in total. The first-order valence-electron chi connectivity index (χ1n) is 7.06. The smallest absolute Gasteiger partial charge is 0.325 e. The summed E-state index contributed by atoms with van der Waals surface area (Å²) in [7, 11) is 0. The molecular formula is C15H24N2O7. The zero-order valence-electron chi connectivity index (χ0n) is 13.7. The predicted octanol–water partition coefficient (Wildman–Crippen LogP) is -0.138. The van der Waals surface area contributed by atoms with Crippen molar-refractivity contribution in [2.75, 3.05) is 0 Å². The minimum atomic E-state index is -1.51. The molecule has 9 heteroatoms. The average molecular weight is 344 g/mol. The third kappa shape index (κ3) is 5.37. The maximum absolute atomic E-state index is 11.6. The number of carboxylic acids is 2. The molecule has 136 valence electrons. The van der Waals surface area contributed by atoms with Gasteiger partial charge in [0.2, 0.25) is 0 Å². The lowest BCUT2D eigenvalue weighted by molar-refractivity contribution is -0.147. The van der Waals surface area contributed by atoms with Crippen LogP contribution < -0.4 is 10.9 Å². The summed E-state index contributed by atoms with van der Waals surface area (Å²) in [6.07, 6.45) is -0.0341. The normalized spacial score (nSPS) is 14.5. The van der Waals surface area contributed by atoms with Crippen molar-refractivity contribution in [3.05, 3.63) is 23.8 Å². The first-order valence-corrected chi connectivity index (χ1v) is 7.06. The van der Waals surface area contributed by atoms with E-state index in [2.05, 4.69) is 10.9 Å². The number of phenols is 2. The molecule has 0 bridgehead atoms. The van der Waals surface area contributed by atoms with Crippen LogP contribution in [-0.4, -0.2) is 49.4 Å². The van der Waals surface area contributed by atoms with E-state index in [-0.39, 0.29) is 29.3 Å². The van der Waals surface area contributed by atoms with Gasteiger partial charge in [0, 0.05) is 6.42 Å². The van der Waals surface area contributed by atoms with Gasteiger partial charge in [0.25, 0.3) is 0 Å². The van der Waals surface area contributed by atoms with Gasteiger partial charge in [-0.15, -0.1) is 0 Å². The third-order valence-corrected chi connectivity index (χ3v) is 3.51. The van der Waals surface area contributed by atoms with E-state index < -0.39 is 23.5 Å². The van der Waals surface area contributed by atoms with Gasteiger partial charge >= 0.3 is 11.9 Å². The molecule has 0 heterocycles. The standard InChI is InChI=1S/C15H22N2O6.H2O/c1-8(2)12(13(20)21)16-17-15(3,14(22)23)7-9-4-5-10(18)11(19)6-9;/h4-6,8,12,16-19H,7H2,1-3H3,(H,20,21)(H,22,23);1H2/t12-,15-;/m0./s1. The van der Waals surface area contributed by atoms with Crippen LogP contribution in [0.3, 0.4) is 0 Å². The molecule has 2 atom stereocenters. The summed E-state index contributed by atoms with van der Waals surface area (Å²) in [4.78, 5) is 22.7. The molecule has 0 saturated heterocycles. The SMILES string of the molecule is CC(C)[C@H](NN[C@@](C)(Cc1ccc(O)c(O)c1)C(=O)O)C(=O)O.O. The molecule has 1 aromatic carbocycles. The second-order valence-corrected chi connectivity index (χ2v) is 5.97. The number of nitrogens with one attached hydrogen (secondary N) is 2. The number of hydrogen-bond donors (Lipinski definition) is 6. The number of benzene rings is 1. The number of rotatable bonds is 8. The van der Waals surface area contributed by atoms with Gasteiger partial charge in [-0.05, 0) is 30.5 Å². The Labute approximate surface area is 139 Å². The number of carbonyl (C=O) groups is 2. The van der Waals surface area contributed by atoms with Crippen molar-refractivity contribution in [2.24, 2.45) is 5.92 Å². The molecule has 0 aromatic heterocycles. The highest BCUT2D eigenvalue weighted by molar-refractivity contribution is 5.79. The van der Waals surface area contributed by atoms with Crippen LogP contribution in [-0.2, 0) is 16.0 Å². The van der Waals surface area contributed by atoms with Gasteiger partial charge < -0.3 is 25.9 Å². The minimum absolute atomic E-state index is 0. The van der Waals surface area contributed by atoms with Crippen molar-refractivity contribution in [2.45, 2.75) is 38.8 Å². The van der Waals surface area contributed by atoms with Gasteiger partial charge in [-0.25, -0.2) is 10.9 Å². The molecule has 0 aliphatic rings. The van der Waals surface area contributed by atoms with Crippen molar-refractivity contribution >= 4 is 11.9 Å². The fourth-order valence-electron chi connectivity index (χ4n) is 2.01. The number of carboxylic acid groups (broad SMARTS) is 2. The van der Waals surface area contributed by atoms with E-state index in [0.29, 0.717) is 5.56 Å². The topological polar surface area (TPSA) is 171 Å². The van der Waals surface area contributed by atoms with E-state index in [1.54, 1.807) is 13.8 Å². The largest absolute Gasteiger partial charge is 0.504 e. The fourth-order valence-corrected chi connectivity index (χ4v) is 2.01. The molecule has 24 heavy (non-hydrogen) atoms. The Hall–Kier alpha value is -2.36. The number of hydrazine groups is 1. The second kappa shape index (κ2) is 8.48. The summed E-state index contributed by atoms with van der Waals surface area (Å²) < 4.78 is 0. The highest BCUT2D eigenvalue weighted by Crippen LogP contribution is 2.26. The third-order valence-electron chi connectivity index (χ3n) is 3.51. The lowest BCUT2D eigenvalue weighted by Gasteiger charge is -2.30. The molecule has 1 rings (SSSR count). The van der Waals surface area contributed by atoms with E-state index in [1.165, 1.54) is 25.1 Å². The molecule has 0 amide bonds. The van der Waals surface area contributed by atoms with Gasteiger partial charge in [-0.1, -0.05) is 19.9 Å². The van der Waals surface area contributed by atoms with E-state index in [1.807, 2.05) is 0 Å². The van der Waals surface area contributed by atoms with Crippen LogP contribution in [0.2, 0.25) is 0 Å². The summed E-state index contributed by atoms with van der Waals surface area (Å²) in [6, 6.07) is 3.04. The predicted molar refractivity (Wildman–Crippen MR) is 85.7 cm³/mol. The van der Waals surface area contributed by atoms with Crippen molar-refractivity contribution in [3.8, 4) is 11.5 Å². The van der Waals surface area contributed by atoms with Gasteiger partial charge in [-0.3, -0.25) is 9.59 Å². The van der Waals surface area contributed by atoms with Crippen LogP contribution in [0, 0.1) is 5.92 Å². The summed E-state index contributed by atoms with van der Waals surface area (Å²) >= 11 is 0. The molecule has 0 aliphatic carbocycles. The number of phenolic OH excluding ortho intramolecular Hbond substituents is 2. The maximum atomic E-state index is 11.6. The summed E-state index contributed by atoms with van der Waals surface area (Å²) in [5.74, 6) is -3.19. The summed E-state index contributed by atoms with van der Waals surface area (Å²) in [6.45, 7) is 4.79. The van der Waals surface area contributed by atoms with Crippen LogP contribution >= 0.6 is 0 Å². The molecule has 0 unspecified atom stereocenters. The maximum Gasteiger partial charge on any atom is 0.325 e. The van der Waals surface area contributed by atoms with Crippen molar-refractivity contribution in [3.63, 3.8) is 0 Å². The van der Waals surface area contributed by atoms with E-state index in [4.69, 9.17) is 5.11 Å². The molecule has 0 saturated carbocycles. The van der Waals surface area contributed by atoms with E-state index in [0.717, 1.165) is 0 Å². The van der Waals surface area contributed by atoms with Crippen LogP contribution in [0.4, 0.5) is 0 Å². The van der Waals surface area contributed by atoms with Crippen LogP contribution in [0.25, 0.3) is 0 Å². The van der Waals surface area contributed by atoms with Gasteiger partial charge in [0.1, 0.15) is 11.6 Å². The van der Waals surface area contributed by atoms with Gasteiger partial charge in [0.05, 0.1) is 0 Å². The molecule has 0 aliphatic heterocycles. The first kappa shape index (κ1) is 21.6. The molecule has 1 aromatic rings. The molecule has 0 radical (unpaired) electrons. The number of hydrogen-bond acceptors (Lipinski definition) is 6. The Morgan fingerprint density at radius 2 is 1.75 bits per heavy atom. The van der Waals surface area contributed by atoms with Crippen molar-refractivity contribution in [1.82, 2.24) is 10.9 Å². The Morgan fingerprint density at radius 1 is 1.17 bits per heavy atom. The Balaban J connectivity index is 0.00000529. The Morgan fingerprint density at radius 3 is 2.17 bits per heavy atom. The summed E-state index contributed by atoms with van der Waals surface area (Å²) in [5, 5.41) is 37.3. The molecule has 0 spiro atoms. The molecular weight excluding hydrogens is 320 g/mol. The van der Waals surface area contributed by atoms with Crippen molar-refractivity contribution in [1.29, 1.82) is 0 Å². The minimum Gasteiger partial charge on any atom is -0.504 e. The zero-order chi connectivity index (χ0) is 17.8. The van der Waals surface area contributed by atoms with E-state index in [9.17, 15) is 24.9 Å². The highest BCUT2D eigenvalue weighted by atomic mass is 16.4. The average Bonchev–Trinajstić information content (AvgIpc) is 2.42. The lowest BCUT2D eigenvalue weighted by Crippen LogP contribution is -2.61. The Bertz CT molecular complexity index is 591. The van der Waals surface area contributed by atoms with Crippen LogP contribution in [0.15, 0.2) is 18.2 Å². The Kier molecular flexibility index (Phi) is 7.65. The molecule has 9 nitrogen and oxygen atoms in total. The van der Waals surface area contributed by atoms with Crippen LogP contribution in [0.5, 0.6) is 11.5 Å². The first-order chi connectivity index (χ1) is 10.6. The van der Waals surface area contributed by atoms with Crippen LogP contribution in [0.1, 0.15) is 26.3 Å². The lowest BCUT2D eigenvalue weighted by atomic mass is 9.93. The zero-order valence-corrected chi connectivity index (χ0v) is 13.7. The second-order valence-electron chi connectivity index (χ2n) is 5.97.